The number of benzene rings is 1. The SMILES string of the molecule is O=C(CCCl)c1cc(I)ccc1Cl. The van der Waals surface area contributed by atoms with E-state index < -0.39 is 0 Å². The van der Waals surface area contributed by atoms with Crippen molar-refractivity contribution in [3.63, 3.8) is 0 Å². The van der Waals surface area contributed by atoms with Gasteiger partial charge in [-0.2, -0.15) is 0 Å². The first-order chi connectivity index (χ1) is 6.15. The van der Waals surface area contributed by atoms with E-state index in [-0.39, 0.29) is 5.78 Å². The summed E-state index contributed by atoms with van der Waals surface area (Å²) in [7, 11) is 0. The third kappa shape index (κ3) is 3.11. The van der Waals surface area contributed by atoms with Gasteiger partial charge in [-0.3, -0.25) is 4.79 Å². The first-order valence-electron chi connectivity index (χ1n) is 3.69. The number of ketones is 1. The fraction of sp³-hybridized carbons (Fsp3) is 0.222. The molecule has 0 aliphatic carbocycles. The first kappa shape index (κ1) is 11.3. The van der Waals surface area contributed by atoms with Crippen molar-refractivity contribution in [2.75, 3.05) is 5.88 Å². The highest BCUT2D eigenvalue weighted by Crippen LogP contribution is 2.20. The van der Waals surface area contributed by atoms with Crippen LogP contribution in [-0.2, 0) is 0 Å². The van der Waals surface area contributed by atoms with Gasteiger partial charge < -0.3 is 0 Å². The lowest BCUT2D eigenvalue weighted by atomic mass is 10.1. The molecule has 0 spiro atoms. The van der Waals surface area contributed by atoms with Crippen LogP contribution in [0.4, 0.5) is 0 Å². The van der Waals surface area contributed by atoms with Crippen LogP contribution < -0.4 is 0 Å². The van der Waals surface area contributed by atoms with Gasteiger partial charge in [0.1, 0.15) is 0 Å². The van der Waals surface area contributed by atoms with E-state index in [0.717, 1.165) is 3.57 Å². The monoisotopic (exact) mass is 328 g/mol. The molecule has 1 aromatic rings. The van der Waals surface area contributed by atoms with E-state index in [1.54, 1.807) is 12.1 Å². The van der Waals surface area contributed by atoms with E-state index in [0.29, 0.717) is 22.9 Å². The third-order valence-electron chi connectivity index (χ3n) is 1.55. The van der Waals surface area contributed by atoms with Crippen LogP contribution in [0.1, 0.15) is 16.8 Å². The molecular weight excluding hydrogens is 322 g/mol. The zero-order chi connectivity index (χ0) is 9.84. The second-order valence-corrected chi connectivity index (χ2v) is 4.52. The summed E-state index contributed by atoms with van der Waals surface area (Å²) in [5.74, 6) is 0.333. The Balaban J connectivity index is 2.99. The van der Waals surface area contributed by atoms with Crippen molar-refractivity contribution in [2.24, 2.45) is 0 Å². The molecule has 0 bridgehead atoms. The molecule has 0 aliphatic rings. The van der Waals surface area contributed by atoms with Gasteiger partial charge >= 0.3 is 0 Å². The molecule has 1 aromatic carbocycles. The van der Waals surface area contributed by atoms with Gasteiger partial charge in [0.25, 0.3) is 0 Å². The minimum atomic E-state index is -0.00137. The van der Waals surface area contributed by atoms with Gasteiger partial charge in [-0.15, -0.1) is 11.6 Å². The predicted molar refractivity (Wildman–Crippen MR) is 63.8 cm³/mol. The van der Waals surface area contributed by atoms with Crippen LogP contribution in [0, 0.1) is 3.57 Å². The van der Waals surface area contributed by atoms with Crippen LogP contribution in [0.25, 0.3) is 0 Å². The van der Waals surface area contributed by atoms with Gasteiger partial charge in [0.05, 0.1) is 5.02 Å². The minimum Gasteiger partial charge on any atom is -0.294 e. The zero-order valence-electron chi connectivity index (χ0n) is 6.69. The highest BCUT2D eigenvalue weighted by molar-refractivity contribution is 14.1. The van der Waals surface area contributed by atoms with Crippen molar-refractivity contribution < 1.29 is 4.79 Å². The molecule has 0 heterocycles. The van der Waals surface area contributed by atoms with E-state index in [4.69, 9.17) is 23.2 Å². The Morgan fingerprint density at radius 2 is 2.15 bits per heavy atom. The highest BCUT2D eigenvalue weighted by atomic mass is 127. The lowest BCUT2D eigenvalue weighted by Crippen LogP contribution is -2.00. The standard InChI is InChI=1S/C9H7Cl2IO/c10-4-3-9(13)7-5-6(12)1-2-8(7)11/h1-2,5H,3-4H2. The average molecular weight is 329 g/mol. The zero-order valence-corrected chi connectivity index (χ0v) is 10.4. The Labute approximate surface area is 101 Å². The van der Waals surface area contributed by atoms with E-state index in [9.17, 15) is 4.79 Å². The van der Waals surface area contributed by atoms with Gasteiger partial charge in [-0.25, -0.2) is 0 Å². The highest BCUT2D eigenvalue weighted by Gasteiger charge is 2.09. The molecule has 0 aromatic heterocycles. The second-order valence-electron chi connectivity index (χ2n) is 2.49. The summed E-state index contributed by atoms with van der Waals surface area (Å²) in [6.07, 6.45) is 0.335. The lowest BCUT2D eigenvalue weighted by molar-refractivity contribution is 0.0989. The van der Waals surface area contributed by atoms with Crippen molar-refractivity contribution >= 4 is 51.6 Å². The van der Waals surface area contributed by atoms with Crippen molar-refractivity contribution in [1.29, 1.82) is 0 Å². The second kappa shape index (κ2) is 5.17. The molecule has 1 rings (SSSR count). The number of Topliss-reactive ketones (excluding diaryl/α,β-unsaturated/α-hetero) is 1. The molecule has 0 fully saturated rings. The van der Waals surface area contributed by atoms with E-state index in [1.807, 2.05) is 6.07 Å². The number of hydrogen-bond acceptors (Lipinski definition) is 1. The summed E-state index contributed by atoms with van der Waals surface area (Å²) in [6, 6.07) is 5.36. The van der Waals surface area contributed by atoms with Crippen LogP contribution >= 0.6 is 45.8 Å². The molecule has 0 saturated heterocycles. The van der Waals surface area contributed by atoms with Crippen LogP contribution in [0.3, 0.4) is 0 Å². The van der Waals surface area contributed by atoms with Crippen molar-refractivity contribution in [1.82, 2.24) is 0 Å². The van der Waals surface area contributed by atoms with Crippen molar-refractivity contribution in [2.45, 2.75) is 6.42 Å². The molecule has 70 valence electrons. The van der Waals surface area contributed by atoms with E-state index >= 15 is 0 Å². The van der Waals surface area contributed by atoms with E-state index in [1.165, 1.54) is 0 Å². The van der Waals surface area contributed by atoms with Gasteiger partial charge in [0, 0.05) is 21.4 Å². The largest absolute Gasteiger partial charge is 0.294 e. The number of carbonyl (C=O) groups excluding carboxylic acids is 1. The maximum Gasteiger partial charge on any atom is 0.165 e. The van der Waals surface area contributed by atoms with E-state index in [2.05, 4.69) is 22.6 Å². The molecule has 4 heteroatoms. The van der Waals surface area contributed by atoms with Gasteiger partial charge in [0.2, 0.25) is 0 Å². The van der Waals surface area contributed by atoms with Gasteiger partial charge in [-0.05, 0) is 40.8 Å². The molecule has 0 radical (unpaired) electrons. The topological polar surface area (TPSA) is 17.1 Å². The summed E-state index contributed by atoms with van der Waals surface area (Å²) >= 11 is 13.5. The van der Waals surface area contributed by atoms with Crippen LogP contribution in [0.5, 0.6) is 0 Å². The summed E-state index contributed by atoms with van der Waals surface area (Å²) in [4.78, 5) is 11.4. The van der Waals surface area contributed by atoms with Gasteiger partial charge in [0.15, 0.2) is 5.78 Å². The number of halogens is 3. The van der Waals surface area contributed by atoms with Crippen molar-refractivity contribution in [3.05, 3.63) is 32.4 Å². The minimum absolute atomic E-state index is 0.00137. The Kier molecular flexibility index (Phi) is 4.49. The molecule has 0 saturated carbocycles. The molecule has 0 N–H and O–H groups in total. The Hall–Kier alpha value is 0.200. The first-order valence-corrected chi connectivity index (χ1v) is 5.68. The Bertz CT molecular complexity index is 325. The number of rotatable bonds is 3. The number of carbonyl (C=O) groups is 1. The van der Waals surface area contributed by atoms with Crippen LogP contribution in [-0.4, -0.2) is 11.7 Å². The number of alkyl halides is 1. The number of hydrogen-bond donors (Lipinski definition) is 0. The smallest absolute Gasteiger partial charge is 0.165 e. The third-order valence-corrected chi connectivity index (χ3v) is 2.74. The van der Waals surface area contributed by atoms with Crippen molar-refractivity contribution in [3.8, 4) is 0 Å². The Morgan fingerprint density at radius 3 is 2.77 bits per heavy atom. The molecular formula is C9H7Cl2IO. The quantitative estimate of drug-likeness (QED) is 0.469. The maximum absolute atomic E-state index is 11.4. The fourth-order valence-electron chi connectivity index (χ4n) is 0.932. The lowest BCUT2D eigenvalue weighted by Gasteiger charge is -2.02. The summed E-state index contributed by atoms with van der Waals surface area (Å²) < 4.78 is 1.000. The fourth-order valence-corrected chi connectivity index (χ4v) is 1.82. The van der Waals surface area contributed by atoms with Gasteiger partial charge in [-0.1, -0.05) is 11.6 Å². The molecule has 1 nitrogen and oxygen atoms in total. The molecule has 0 aliphatic heterocycles. The maximum atomic E-state index is 11.4. The summed E-state index contributed by atoms with van der Waals surface area (Å²) in [5.41, 5.74) is 0.564. The Morgan fingerprint density at radius 1 is 1.46 bits per heavy atom. The summed E-state index contributed by atoms with van der Waals surface area (Å²) in [5, 5.41) is 0.496. The molecule has 13 heavy (non-hydrogen) atoms. The molecule has 0 atom stereocenters. The molecule has 0 amide bonds. The van der Waals surface area contributed by atoms with Crippen LogP contribution in [0.2, 0.25) is 5.02 Å². The molecule has 0 unspecified atom stereocenters. The normalized spacial score (nSPS) is 10.1. The van der Waals surface area contributed by atoms with Crippen LogP contribution in [0.15, 0.2) is 18.2 Å². The average Bonchev–Trinajstić information content (AvgIpc) is 2.09. The predicted octanol–water partition coefficient (Wildman–Crippen LogP) is 3.76. The summed E-state index contributed by atoms with van der Waals surface area (Å²) in [6.45, 7) is 0.